The van der Waals surface area contributed by atoms with Gasteiger partial charge in [-0.15, -0.1) is 0 Å². The second-order valence-corrected chi connectivity index (χ2v) is 10.1. The summed E-state index contributed by atoms with van der Waals surface area (Å²) < 4.78 is 37.1. The zero-order valence-electron chi connectivity index (χ0n) is 15.4. The van der Waals surface area contributed by atoms with Crippen molar-refractivity contribution in [1.29, 1.82) is 0 Å². The van der Waals surface area contributed by atoms with Crippen molar-refractivity contribution < 1.29 is 27.5 Å². The van der Waals surface area contributed by atoms with Crippen molar-refractivity contribution >= 4 is 45.1 Å². The number of esters is 1. The normalized spacial score (nSPS) is 20.4. The van der Waals surface area contributed by atoms with E-state index in [4.69, 9.17) is 32.7 Å². The number of amides is 1. The first-order chi connectivity index (χ1) is 12.4. The molecule has 1 aromatic rings. The van der Waals surface area contributed by atoms with Gasteiger partial charge >= 0.3 is 12.1 Å². The molecule has 1 amide bonds. The quantitative estimate of drug-likeness (QED) is 0.669. The average molecular weight is 438 g/mol. The largest absolute Gasteiger partial charge is 0.466 e. The molecule has 2 rings (SSSR count). The van der Waals surface area contributed by atoms with Crippen LogP contribution in [0.25, 0.3) is 0 Å². The molecule has 1 saturated heterocycles. The summed E-state index contributed by atoms with van der Waals surface area (Å²) in [6, 6.07) is 3.81. The fraction of sp³-hybridized carbons (Fsp3) is 0.529. The molecule has 1 heterocycles. The van der Waals surface area contributed by atoms with Gasteiger partial charge in [-0.25, -0.2) is 18.0 Å². The van der Waals surface area contributed by atoms with Crippen LogP contribution < -0.4 is 0 Å². The Morgan fingerprint density at radius 2 is 1.85 bits per heavy atom. The Morgan fingerprint density at radius 1 is 1.22 bits per heavy atom. The fourth-order valence-electron chi connectivity index (χ4n) is 2.98. The summed E-state index contributed by atoms with van der Waals surface area (Å²) in [5.41, 5.74) is -0.872. The first-order valence-corrected chi connectivity index (χ1v) is 10.4. The molecule has 1 aliphatic rings. The van der Waals surface area contributed by atoms with Crippen molar-refractivity contribution in [3.8, 4) is 0 Å². The van der Waals surface area contributed by atoms with Crippen LogP contribution in [0.4, 0.5) is 4.79 Å². The van der Waals surface area contributed by atoms with E-state index < -0.39 is 32.4 Å². The maximum Gasteiger partial charge on any atom is 0.412 e. The van der Waals surface area contributed by atoms with E-state index in [0.717, 1.165) is 12.0 Å². The summed E-state index contributed by atoms with van der Waals surface area (Å²) in [5.74, 6) is -1.07. The first kappa shape index (κ1) is 21.8. The number of sulfone groups is 1. The van der Waals surface area contributed by atoms with Crippen LogP contribution in [-0.4, -0.2) is 49.5 Å². The molecule has 0 N–H and O–H groups in total. The number of hydrogen-bond donors (Lipinski definition) is 0. The molecule has 0 radical (unpaired) electrons. The zero-order valence-corrected chi connectivity index (χ0v) is 17.7. The molecule has 0 spiro atoms. The van der Waals surface area contributed by atoms with Crippen LogP contribution in [0.5, 0.6) is 0 Å². The minimum Gasteiger partial charge on any atom is -0.466 e. The molecule has 0 aliphatic carbocycles. The topological polar surface area (TPSA) is 90.0 Å². The van der Waals surface area contributed by atoms with Gasteiger partial charge < -0.3 is 9.47 Å². The molecule has 0 bridgehead atoms. The Morgan fingerprint density at radius 3 is 2.37 bits per heavy atom. The minimum atomic E-state index is -4.45. The highest BCUT2D eigenvalue weighted by Gasteiger charge is 2.62. The summed E-state index contributed by atoms with van der Waals surface area (Å²) in [6.07, 6.45) is -0.780. The minimum absolute atomic E-state index is 0.0223. The van der Waals surface area contributed by atoms with Crippen molar-refractivity contribution in [2.45, 2.75) is 49.0 Å². The monoisotopic (exact) mass is 437 g/mol. The number of ether oxygens (including phenoxy) is 2. The highest BCUT2D eigenvalue weighted by Crippen LogP contribution is 2.42. The van der Waals surface area contributed by atoms with E-state index in [1.807, 2.05) is 0 Å². The van der Waals surface area contributed by atoms with Crippen molar-refractivity contribution in [2.75, 3.05) is 13.7 Å². The first-order valence-electron chi connectivity index (χ1n) is 8.15. The van der Waals surface area contributed by atoms with Gasteiger partial charge in [0.1, 0.15) is 5.60 Å². The Kier molecular flexibility index (Phi) is 6.04. The molecule has 7 nitrogen and oxygen atoms in total. The average Bonchev–Trinajstić information content (AvgIpc) is 2.98. The molecule has 0 saturated carbocycles. The van der Waals surface area contributed by atoms with Crippen LogP contribution >= 0.6 is 23.2 Å². The van der Waals surface area contributed by atoms with Crippen LogP contribution in [0, 0.1) is 0 Å². The van der Waals surface area contributed by atoms with E-state index in [9.17, 15) is 18.0 Å². The zero-order chi connectivity index (χ0) is 20.6. The van der Waals surface area contributed by atoms with Crippen molar-refractivity contribution in [3.63, 3.8) is 0 Å². The molecule has 0 aromatic heterocycles. The number of nitrogens with zero attached hydrogens (tertiary/aromatic N) is 1. The number of likely N-dealkylation sites (tertiary alicyclic amines) is 1. The lowest BCUT2D eigenvalue weighted by Crippen LogP contribution is -2.59. The van der Waals surface area contributed by atoms with Crippen molar-refractivity contribution in [2.24, 2.45) is 0 Å². The van der Waals surface area contributed by atoms with Crippen molar-refractivity contribution in [3.05, 3.63) is 28.2 Å². The van der Waals surface area contributed by atoms with Crippen LogP contribution in [0.2, 0.25) is 10.0 Å². The van der Waals surface area contributed by atoms with Crippen LogP contribution in [-0.2, 0) is 24.1 Å². The number of carbonyl (C=O) groups excluding carboxylic acids is 2. The van der Waals surface area contributed by atoms with Gasteiger partial charge in [-0.05, 0) is 51.8 Å². The number of methoxy groups -OCH3 is 1. The smallest absolute Gasteiger partial charge is 0.412 e. The highest BCUT2D eigenvalue weighted by molar-refractivity contribution is 7.93. The molecule has 1 unspecified atom stereocenters. The summed E-state index contributed by atoms with van der Waals surface area (Å²) in [7, 11) is -3.38. The summed E-state index contributed by atoms with van der Waals surface area (Å²) in [5, 5.41) is 0.0864. The third-order valence-electron chi connectivity index (χ3n) is 4.08. The lowest BCUT2D eigenvalue weighted by Gasteiger charge is -2.36. The predicted octanol–water partition coefficient (Wildman–Crippen LogP) is 3.67. The van der Waals surface area contributed by atoms with E-state index in [1.165, 1.54) is 18.2 Å². The van der Waals surface area contributed by atoms with E-state index in [-0.39, 0.29) is 34.3 Å². The maximum absolute atomic E-state index is 13.5. The van der Waals surface area contributed by atoms with E-state index in [1.54, 1.807) is 20.8 Å². The van der Waals surface area contributed by atoms with Crippen LogP contribution in [0.15, 0.2) is 23.1 Å². The van der Waals surface area contributed by atoms with Gasteiger partial charge in [0.2, 0.25) is 14.7 Å². The van der Waals surface area contributed by atoms with Gasteiger partial charge in [-0.3, -0.25) is 4.90 Å². The standard InChI is InChI=1S/C17H21Cl2NO6S/c1-16(2,3)26-15(22)20-9-5-8-17(20,14(21)25-4)27(23,24)13-7-6-11(18)10-12(13)19/h6-7,10H,5,8-9H2,1-4H3. The highest BCUT2D eigenvalue weighted by atomic mass is 35.5. The Bertz CT molecular complexity index is 865. The molecular weight excluding hydrogens is 417 g/mol. The third kappa shape index (κ3) is 3.88. The molecule has 1 aliphatic heterocycles. The van der Waals surface area contributed by atoms with Crippen molar-refractivity contribution in [1.82, 2.24) is 4.90 Å². The molecule has 27 heavy (non-hydrogen) atoms. The number of carbonyl (C=O) groups is 2. The van der Waals surface area contributed by atoms with Crippen LogP contribution in [0.3, 0.4) is 0 Å². The lowest BCUT2D eigenvalue weighted by molar-refractivity contribution is -0.148. The van der Waals surface area contributed by atoms with Gasteiger partial charge in [-0.2, -0.15) is 0 Å². The van der Waals surface area contributed by atoms with Gasteiger partial charge in [0.15, 0.2) is 0 Å². The lowest BCUT2D eigenvalue weighted by atomic mass is 10.2. The van der Waals surface area contributed by atoms with Gasteiger partial charge in [0.25, 0.3) is 0 Å². The van der Waals surface area contributed by atoms with Gasteiger partial charge in [-0.1, -0.05) is 23.2 Å². The summed E-state index contributed by atoms with van der Waals surface area (Å²) in [6.45, 7) is 4.95. The summed E-state index contributed by atoms with van der Waals surface area (Å²) in [4.78, 5) is 23.7. The maximum atomic E-state index is 13.5. The number of hydrogen-bond acceptors (Lipinski definition) is 6. The predicted molar refractivity (Wildman–Crippen MR) is 101 cm³/mol. The molecule has 1 atom stereocenters. The molecular formula is C17H21Cl2NO6S. The fourth-order valence-corrected chi connectivity index (χ4v) is 5.80. The SMILES string of the molecule is COC(=O)C1(S(=O)(=O)c2ccc(Cl)cc2Cl)CCCN1C(=O)OC(C)(C)C. The van der Waals surface area contributed by atoms with E-state index in [2.05, 4.69) is 0 Å². The van der Waals surface area contributed by atoms with Gasteiger partial charge in [0.05, 0.1) is 17.0 Å². The Labute approximate surface area is 168 Å². The van der Waals surface area contributed by atoms with E-state index in [0.29, 0.717) is 0 Å². The molecule has 1 aromatic carbocycles. The molecule has 150 valence electrons. The summed E-state index contributed by atoms with van der Waals surface area (Å²) >= 11 is 11.9. The number of rotatable bonds is 3. The second-order valence-electron chi connectivity index (χ2n) is 7.09. The van der Waals surface area contributed by atoms with E-state index >= 15 is 0 Å². The van der Waals surface area contributed by atoms with Gasteiger partial charge in [0, 0.05) is 11.6 Å². The van der Waals surface area contributed by atoms with Crippen LogP contribution in [0.1, 0.15) is 33.6 Å². The number of halogens is 2. The molecule has 10 heteroatoms. The Balaban J connectivity index is 2.65. The second kappa shape index (κ2) is 7.48. The molecule has 1 fully saturated rings. The Hall–Kier alpha value is -1.51. The third-order valence-corrected chi connectivity index (χ3v) is 7.15. The number of benzene rings is 1.